The summed E-state index contributed by atoms with van der Waals surface area (Å²) in [5.74, 6) is -0.322. The van der Waals surface area contributed by atoms with Gasteiger partial charge >= 0.3 is 5.97 Å². The largest absolute Gasteiger partial charge is 0.493 e. The number of aliphatic carboxylic acids is 1. The smallest absolute Gasteiger partial charge is 0.313 e. The maximum atomic E-state index is 11.4. The van der Waals surface area contributed by atoms with Gasteiger partial charge in [-0.1, -0.05) is 42.5 Å². The minimum atomic E-state index is -0.996. The first kappa shape index (κ1) is 16.5. The van der Waals surface area contributed by atoms with Crippen LogP contribution in [0.1, 0.15) is 36.6 Å². The number of hydrogen-bond acceptors (Lipinski definition) is 3. The van der Waals surface area contributed by atoms with Crippen molar-refractivity contribution in [1.29, 1.82) is 0 Å². The fourth-order valence-corrected chi connectivity index (χ4v) is 3.05. The number of hydrogen-bond donors (Lipinski definition) is 2. The van der Waals surface area contributed by atoms with Gasteiger partial charge in [0, 0.05) is 11.5 Å². The molecule has 1 aliphatic heterocycles. The van der Waals surface area contributed by atoms with Crippen molar-refractivity contribution in [2.24, 2.45) is 5.92 Å². The Balaban J connectivity index is 1.84. The zero-order valence-corrected chi connectivity index (χ0v) is 13.9. The van der Waals surface area contributed by atoms with Crippen molar-refractivity contribution >= 4 is 5.97 Å². The van der Waals surface area contributed by atoms with E-state index in [0.29, 0.717) is 17.9 Å². The summed E-state index contributed by atoms with van der Waals surface area (Å²) in [5.41, 5.74) is 1.57. The summed E-state index contributed by atoms with van der Waals surface area (Å²) in [7, 11) is 0. The number of benzene rings is 2. The van der Waals surface area contributed by atoms with Gasteiger partial charge in [-0.3, -0.25) is 4.79 Å². The normalized spacial score (nSPS) is 20.1. The Bertz CT molecular complexity index is 737. The third-order valence-electron chi connectivity index (χ3n) is 4.83. The molecule has 2 N–H and O–H groups in total. The average molecular weight is 326 g/mol. The van der Waals surface area contributed by atoms with E-state index in [2.05, 4.69) is 0 Å². The Hall–Kier alpha value is -2.33. The summed E-state index contributed by atoms with van der Waals surface area (Å²) in [4.78, 5) is 11.4. The second kappa shape index (κ2) is 6.29. The highest BCUT2D eigenvalue weighted by Gasteiger charge is 2.34. The molecule has 0 fully saturated rings. The Morgan fingerprint density at radius 3 is 2.58 bits per heavy atom. The molecule has 0 bridgehead atoms. The van der Waals surface area contributed by atoms with E-state index in [-0.39, 0.29) is 5.92 Å². The molecule has 0 radical (unpaired) electrons. The Morgan fingerprint density at radius 1 is 1.21 bits per heavy atom. The summed E-state index contributed by atoms with van der Waals surface area (Å²) in [5, 5.41) is 20.1. The standard InChI is InChI=1S/C20H22O4/c1-20(2,19(22)23)15-8-9-16-17(11-15)24-12-14(18(16)21)10-13-6-4-3-5-7-13/h3-9,11,14,18,21H,10,12H2,1-2H3,(H,22,23). The minimum absolute atomic E-state index is 0.0155. The summed E-state index contributed by atoms with van der Waals surface area (Å²) >= 11 is 0. The number of carbonyl (C=O) groups is 1. The molecule has 2 atom stereocenters. The van der Waals surface area contributed by atoms with Gasteiger partial charge in [-0.15, -0.1) is 0 Å². The number of fused-ring (bicyclic) bond motifs is 1. The molecule has 2 aromatic carbocycles. The van der Waals surface area contributed by atoms with Crippen LogP contribution in [-0.2, 0) is 16.6 Å². The number of aliphatic hydroxyl groups excluding tert-OH is 1. The van der Waals surface area contributed by atoms with E-state index in [1.807, 2.05) is 30.3 Å². The first-order valence-electron chi connectivity index (χ1n) is 8.12. The number of rotatable bonds is 4. The molecule has 126 valence electrons. The van der Waals surface area contributed by atoms with Crippen LogP contribution in [0, 0.1) is 5.92 Å². The molecular weight excluding hydrogens is 304 g/mol. The second-order valence-electron chi connectivity index (χ2n) is 6.89. The highest BCUT2D eigenvalue weighted by Crippen LogP contribution is 2.39. The average Bonchev–Trinajstić information content (AvgIpc) is 2.58. The van der Waals surface area contributed by atoms with E-state index >= 15 is 0 Å². The van der Waals surface area contributed by atoms with Crippen LogP contribution in [0.2, 0.25) is 0 Å². The van der Waals surface area contributed by atoms with E-state index < -0.39 is 17.5 Å². The van der Waals surface area contributed by atoms with Crippen molar-refractivity contribution in [3.05, 3.63) is 65.2 Å². The molecule has 24 heavy (non-hydrogen) atoms. The number of carboxylic acid groups (broad SMARTS) is 1. The van der Waals surface area contributed by atoms with Gasteiger partial charge < -0.3 is 14.9 Å². The highest BCUT2D eigenvalue weighted by molar-refractivity contribution is 5.80. The highest BCUT2D eigenvalue weighted by atomic mass is 16.5. The lowest BCUT2D eigenvalue weighted by molar-refractivity contribution is -0.142. The van der Waals surface area contributed by atoms with E-state index in [4.69, 9.17) is 4.74 Å². The molecule has 0 aliphatic carbocycles. The van der Waals surface area contributed by atoms with Crippen molar-refractivity contribution in [1.82, 2.24) is 0 Å². The molecule has 0 saturated carbocycles. The molecule has 4 heteroatoms. The van der Waals surface area contributed by atoms with Crippen molar-refractivity contribution < 1.29 is 19.7 Å². The monoisotopic (exact) mass is 326 g/mol. The van der Waals surface area contributed by atoms with Crippen LogP contribution in [0.3, 0.4) is 0 Å². The molecule has 3 rings (SSSR count). The van der Waals surface area contributed by atoms with E-state index in [9.17, 15) is 15.0 Å². The van der Waals surface area contributed by atoms with Gasteiger partial charge in [-0.25, -0.2) is 0 Å². The van der Waals surface area contributed by atoms with Crippen LogP contribution in [0.5, 0.6) is 5.75 Å². The van der Waals surface area contributed by atoms with Gasteiger partial charge in [-0.05, 0) is 37.5 Å². The number of aliphatic hydroxyl groups is 1. The maximum Gasteiger partial charge on any atom is 0.313 e. The maximum absolute atomic E-state index is 11.4. The van der Waals surface area contributed by atoms with Crippen LogP contribution in [0.4, 0.5) is 0 Å². The fourth-order valence-electron chi connectivity index (χ4n) is 3.05. The quantitative estimate of drug-likeness (QED) is 0.904. The van der Waals surface area contributed by atoms with Crippen LogP contribution >= 0.6 is 0 Å². The summed E-state index contributed by atoms with van der Waals surface area (Å²) in [6, 6.07) is 15.3. The summed E-state index contributed by atoms with van der Waals surface area (Å²) in [6.07, 6.45) is 0.125. The third-order valence-corrected chi connectivity index (χ3v) is 4.83. The van der Waals surface area contributed by atoms with Gasteiger partial charge in [0.15, 0.2) is 0 Å². The molecule has 0 aromatic heterocycles. The SMILES string of the molecule is CC(C)(C(=O)O)c1ccc2c(c1)OCC(Cc1ccccc1)C2O. The van der Waals surface area contributed by atoms with Gasteiger partial charge in [0.25, 0.3) is 0 Å². The topological polar surface area (TPSA) is 66.8 Å². The van der Waals surface area contributed by atoms with Crippen molar-refractivity contribution in [2.75, 3.05) is 6.61 Å². The molecule has 2 aromatic rings. The Kier molecular flexibility index (Phi) is 4.33. The predicted molar refractivity (Wildman–Crippen MR) is 91.2 cm³/mol. The fraction of sp³-hybridized carbons (Fsp3) is 0.350. The van der Waals surface area contributed by atoms with Gasteiger partial charge in [0.2, 0.25) is 0 Å². The van der Waals surface area contributed by atoms with Crippen molar-refractivity contribution in [3.8, 4) is 5.75 Å². The lowest BCUT2D eigenvalue weighted by Crippen LogP contribution is -2.30. The molecule has 0 amide bonds. The molecule has 2 unspecified atom stereocenters. The summed E-state index contributed by atoms with van der Waals surface area (Å²) < 4.78 is 5.84. The van der Waals surface area contributed by atoms with Crippen LogP contribution in [0.25, 0.3) is 0 Å². The van der Waals surface area contributed by atoms with Gasteiger partial charge in [0.1, 0.15) is 5.75 Å². The van der Waals surface area contributed by atoms with Gasteiger partial charge in [-0.2, -0.15) is 0 Å². The third kappa shape index (κ3) is 3.02. The van der Waals surface area contributed by atoms with E-state index in [0.717, 1.165) is 17.5 Å². The van der Waals surface area contributed by atoms with Crippen molar-refractivity contribution in [3.63, 3.8) is 0 Å². The molecule has 0 spiro atoms. The lowest BCUT2D eigenvalue weighted by atomic mass is 9.82. The van der Waals surface area contributed by atoms with Crippen LogP contribution < -0.4 is 4.74 Å². The van der Waals surface area contributed by atoms with E-state index in [1.165, 1.54) is 0 Å². The van der Waals surface area contributed by atoms with Crippen LogP contribution in [0.15, 0.2) is 48.5 Å². The zero-order chi connectivity index (χ0) is 17.3. The first-order valence-corrected chi connectivity index (χ1v) is 8.12. The number of carboxylic acids is 1. The van der Waals surface area contributed by atoms with Crippen molar-refractivity contribution in [2.45, 2.75) is 31.8 Å². The molecular formula is C20H22O4. The van der Waals surface area contributed by atoms with E-state index in [1.54, 1.807) is 32.0 Å². The first-order chi connectivity index (χ1) is 11.4. The molecule has 4 nitrogen and oxygen atoms in total. The molecule has 1 heterocycles. The Labute approximate surface area is 141 Å². The second-order valence-corrected chi connectivity index (χ2v) is 6.89. The summed E-state index contributed by atoms with van der Waals surface area (Å²) in [6.45, 7) is 3.74. The van der Waals surface area contributed by atoms with Gasteiger partial charge in [0.05, 0.1) is 18.1 Å². The lowest BCUT2D eigenvalue weighted by Gasteiger charge is -2.32. The molecule has 0 saturated heterocycles. The minimum Gasteiger partial charge on any atom is -0.493 e. The van der Waals surface area contributed by atoms with Crippen LogP contribution in [-0.4, -0.2) is 22.8 Å². The number of ether oxygens (including phenoxy) is 1. The zero-order valence-electron chi connectivity index (χ0n) is 13.9. The predicted octanol–water partition coefficient (Wildman–Crippen LogP) is 3.33. The molecule has 1 aliphatic rings. The Morgan fingerprint density at radius 2 is 1.92 bits per heavy atom.